The highest BCUT2D eigenvalue weighted by molar-refractivity contribution is 7.80. The fraction of sp³-hybridized carbons (Fsp3) is 0.500. The Kier molecular flexibility index (Phi) is 2.67. The van der Waals surface area contributed by atoms with E-state index in [4.69, 9.17) is 5.11 Å². The molecule has 0 amide bonds. The summed E-state index contributed by atoms with van der Waals surface area (Å²) in [5.74, 6) is 0.546. The zero-order valence-corrected chi connectivity index (χ0v) is 5.15. The minimum atomic E-state index is 0.0509. The van der Waals surface area contributed by atoms with Gasteiger partial charge in [-0.25, -0.2) is 0 Å². The van der Waals surface area contributed by atoms with Gasteiger partial charge in [0.1, 0.15) is 0 Å². The summed E-state index contributed by atoms with van der Waals surface area (Å²) >= 11 is 3.86. The lowest BCUT2D eigenvalue weighted by molar-refractivity contribution is 0.261. The first-order valence-corrected chi connectivity index (χ1v) is 2.51. The molecular formula is C4H9NOS. The van der Waals surface area contributed by atoms with Gasteiger partial charge in [0, 0.05) is 7.05 Å². The van der Waals surface area contributed by atoms with E-state index < -0.39 is 0 Å². The molecule has 0 atom stereocenters. The van der Waals surface area contributed by atoms with Crippen LogP contribution in [0.3, 0.4) is 0 Å². The topological polar surface area (TPSA) is 23.5 Å². The third-order valence-electron chi connectivity index (χ3n) is 0.653. The standard InChI is InChI=1S/C4H9NOS/c1-4(6)5(2)3-7/h6-7H,1,3H2,2H3. The average Bonchev–Trinajstić information content (AvgIpc) is 1.65. The molecule has 0 unspecified atom stereocenters. The number of aliphatic hydroxyl groups is 1. The number of thiol groups is 1. The van der Waals surface area contributed by atoms with Crippen molar-refractivity contribution in [3.63, 3.8) is 0 Å². The Balaban J connectivity index is 3.34. The quantitative estimate of drug-likeness (QED) is 0.319. The molecule has 3 heteroatoms. The average molecular weight is 119 g/mol. The Morgan fingerprint density at radius 3 is 2.43 bits per heavy atom. The van der Waals surface area contributed by atoms with Gasteiger partial charge in [0.15, 0.2) is 5.88 Å². The molecule has 0 heterocycles. The second kappa shape index (κ2) is 2.80. The summed E-state index contributed by atoms with van der Waals surface area (Å²) in [6.45, 7) is 3.26. The molecular weight excluding hydrogens is 110 g/mol. The van der Waals surface area contributed by atoms with E-state index in [1.54, 1.807) is 7.05 Å². The van der Waals surface area contributed by atoms with Crippen molar-refractivity contribution in [2.24, 2.45) is 0 Å². The fourth-order valence-electron chi connectivity index (χ4n) is 0.0816. The van der Waals surface area contributed by atoms with Gasteiger partial charge in [-0.05, 0) is 6.58 Å². The van der Waals surface area contributed by atoms with E-state index in [1.165, 1.54) is 4.90 Å². The normalized spacial score (nSPS) is 8.29. The van der Waals surface area contributed by atoms with E-state index >= 15 is 0 Å². The molecule has 0 aromatic heterocycles. The monoisotopic (exact) mass is 119 g/mol. The van der Waals surface area contributed by atoms with Crippen LogP contribution in [0.25, 0.3) is 0 Å². The lowest BCUT2D eigenvalue weighted by Crippen LogP contribution is -2.13. The van der Waals surface area contributed by atoms with Gasteiger partial charge >= 0.3 is 0 Å². The zero-order chi connectivity index (χ0) is 5.86. The lowest BCUT2D eigenvalue weighted by atomic mass is 10.8. The molecule has 0 bridgehead atoms. The van der Waals surface area contributed by atoms with E-state index in [0.717, 1.165) is 0 Å². The Labute approximate surface area is 48.9 Å². The van der Waals surface area contributed by atoms with Crippen molar-refractivity contribution in [2.45, 2.75) is 0 Å². The highest BCUT2D eigenvalue weighted by Gasteiger charge is 1.90. The van der Waals surface area contributed by atoms with Crippen LogP contribution in [0.2, 0.25) is 0 Å². The van der Waals surface area contributed by atoms with Crippen molar-refractivity contribution < 1.29 is 5.11 Å². The molecule has 0 saturated heterocycles. The summed E-state index contributed by atoms with van der Waals surface area (Å²) < 4.78 is 0. The molecule has 0 aliphatic rings. The van der Waals surface area contributed by atoms with Crippen LogP contribution in [-0.2, 0) is 0 Å². The molecule has 0 fully saturated rings. The van der Waals surface area contributed by atoms with E-state index in [9.17, 15) is 0 Å². The van der Waals surface area contributed by atoms with Gasteiger partial charge in [-0.15, -0.1) is 0 Å². The second-order valence-corrected chi connectivity index (χ2v) is 1.54. The van der Waals surface area contributed by atoms with Crippen LogP contribution in [0.4, 0.5) is 0 Å². The summed E-state index contributed by atoms with van der Waals surface area (Å²) in [7, 11) is 1.70. The summed E-state index contributed by atoms with van der Waals surface area (Å²) in [5.41, 5.74) is 0. The summed E-state index contributed by atoms with van der Waals surface area (Å²) in [5, 5.41) is 8.50. The number of aliphatic hydroxyl groups excluding tert-OH is 1. The highest BCUT2D eigenvalue weighted by atomic mass is 32.1. The third kappa shape index (κ3) is 2.39. The smallest absolute Gasteiger partial charge is 0.179 e. The van der Waals surface area contributed by atoms with Gasteiger partial charge in [0.25, 0.3) is 0 Å². The summed E-state index contributed by atoms with van der Waals surface area (Å²) in [6.07, 6.45) is 0. The third-order valence-corrected chi connectivity index (χ3v) is 1.08. The minimum Gasteiger partial charge on any atom is -0.495 e. The predicted molar refractivity (Wildman–Crippen MR) is 33.4 cm³/mol. The Morgan fingerprint density at radius 2 is 2.43 bits per heavy atom. The zero-order valence-electron chi connectivity index (χ0n) is 4.26. The van der Waals surface area contributed by atoms with Gasteiger partial charge in [-0.3, -0.25) is 0 Å². The van der Waals surface area contributed by atoms with Gasteiger partial charge in [-0.2, -0.15) is 12.6 Å². The summed E-state index contributed by atoms with van der Waals surface area (Å²) in [6, 6.07) is 0. The first-order valence-electron chi connectivity index (χ1n) is 1.88. The summed E-state index contributed by atoms with van der Waals surface area (Å²) in [4.78, 5) is 1.52. The van der Waals surface area contributed by atoms with Crippen LogP contribution in [0.1, 0.15) is 0 Å². The maximum atomic E-state index is 8.50. The van der Waals surface area contributed by atoms with Crippen LogP contribution in [0.5, 0.6) is 0 Å². The largest absolute Gasteiger partial charge is 0.495 e. The van der Waals surface area contributed by atoms with Crippen LogP contribution in [0, 0.1) is 0 Å². The van der Waals surface area contributed by atoms with Gasteiger partial charge in [0.05, 0.1) is 5.88 Å². The Bertz CT molecular complexity index is 74.1. The number of rotatable bonds is 2. The Hall–Kier alpha value is -0.310. The van der Waals surface area contributed by atoms with E-state index in [1.807, 2.05) is 0 Å². The molecule has 0 saturated carbocycles. The molecule has 0 aliphatic heterocycles. The number of hydrogen-bond donors (Lipinski definition) is 2. The first kappa shape index (κ1) is 6.69. The van der Waals surface area contributed by atoms with Crippen LogP contribution >= 0.6 is 12.6 Å². The molecule has 1 N–H and O–H groups in total. The van der Waals surface area contributed by atoms with Crippen molar-refractivity contribution in [1.82, 2.24) is 4.90 Å². The molecule has 0 spiro atoms. The van der Waals surface area contributed by atoms with Crippen LogP contribution in [0.15, 0.2) is 12.5 Å². The van der Waals surface area contributed by atoms with Gasteiger partial charge in [-0.1, -0.05) is 0 Å². The maximum absolute atomic E-state index is 8.50. The molecule has 0 rings (SSSR count). The minimum absolute atomic E-state index is 0.0509. The first-order chi connectivity index (χ1) is 3.18. The van der Waals surface area contributed by atoms with Crippen molar-refractivity contribution in [3.05, 3.63) is 12.5 Å². The SMILES string of the molecule is C=C(O)N(C)CS. The molecule has 0 radical (unpaired) electrons. The van der Waals surface area contributed by atoms with Crippen LogP contribution in [-0.4, -0.2) is 22.9 Å². The number of hydrogen-bond acceptors (Lipinski definition) is 3. The van der Waals surface area contributed by atoms with Gasteiger partial charge in [0.2, 0.25) is 0 Å². The Morgan fingerprint density at radius 1 is 2.00 bits per heavy atom. The van der Waals surface area contributed by atoms with E-state index in [2.05, 4.69) is 19.2 Å². The van der Waals surface area contributed by atoms with Crippen molar-refractivity contribution in [1.29, 1.82) is 0 Å². The van der Waals surface area contributed by atoms with Gasteiger partial charge < -0.3 is 10.0 Å². The second-order valence-electron chi connectivity index (χ2n) is 1.26. The van der Waals surface area contributed by atoms with Crippen molar-refractivity contribution in [3.8, 4) is 0 Å². The molecule has 42 valence electrons. The van der Waals surface area contributed by atoms with Crippen molar-refractivity contribution in [2.75, 3.05) is 12.9 Å². The highest BCUT2D eigenvalue weighted by Crippen LogP contribution is 1.91. The predicted octanol–water partition coefficient (Wildman–Crippen LogP) is 0.835. The number of nitrogens with zero attached hydrogens (tertiary/aromatic N) is 1. The molecule has 0 aromatic carbocycles. The molecule has 0 aliphatic carbocycles. The van der Waals surface area contributed by atoms with E-state index in [-0.39, 0.29) is 5.88 Å². The molecule has 0 aromatic rings. The van der Waals surface area contributed by atoms with Crippen LogP contribution < -0.4 is 0 Å². The van der Waals surface area contributed by atoms with Crippen molar-refractivity contribution >= 4 is 12.6 Å². The fourth-order valence-corrected chi connectivity index (χ4v) is 0.245. The molecule has 7 heavy (non-hydrogen) atoms. The lowest BCUT2D eigenvalue weighted by Gasteiger charge is -2.11. The molecule has 2 nitrogen and oxygen atoms in total. The van der Waals surface area contributed by atoms with E-state index in [0.29, 0.717) is 5.88 Å². The maximum Gasteiger partial charge on any atom is 0.179 e.